The summed E-state index contributed by atoms with van der Waals surface area (Å²) in [5.41, 5.74) is 22.5. The molecule has 15 aromatic rings. The van der Waals surface area contributed by atoms with Crippen LogP contribution in [0.2, 0.25) is 0 Å². The van der Waals surface area contributed by atoms with E-state index in [-0.39, 0.29) is 38.1 Å². The molecule has 0 heterocycles. The number of nitrogens with one attached hydrogen (secondary N) is 1. The molecule has 0 saturated carbocycles. The average molecular weight is 1820 g/mol. The van der Waals surface area contributed by atoms with Crippen molar-refractivity contribution in [1.82, 2.24) is 0 Å². The van der Waals surface area contributed by atoms with E-state index in [1.165, 1.54) is 38.9 Å². The predicted octanol–water partition coefficient (Wildman–Crippen LogP) is 33.3. The van der Waals surface area contributed by atoms with E-state index in [1.54, 1.807) is 0 Å². The second-order valence-electron chi connectivity index (χ2n) is 25.5. The lowest BCUT2D eigenvalue weighted by Gasteiger charge is -2.25. The Morgan fingerprint density at radius 3 is 0.761 bits per heavy atom. The molecule has 0 amide bonds. The number of hydrogen-bond donors (Lipinski definition) is 1. The molecule has 0 spiro atoms. The summed E-state index contributed by atoms with van der Waals surface area (Å²) in [6, 6.07) is 137. The van der Waals surface area contributed by atoms with Crippen molar-refractivity contribution in [1.29, 1.82) is 0 Å². The molecular formula is C104H100BBr4N3O4P. The quantitative estimate of drug-likeness (QED) is 0.0314. The van der Waals surface area contributed by atoms with Gasteiger partial charge in [0.1, 0.15) is 6.29 Å². The molecule has 0 unspecified atom stereocenters. The summed E-state index contributed by atoms with van der Waals surface area (Å²) in [5.74, 6) is 0. The number of nitrogens with zero attached hydrogens (tertiary/aromatic N) is 2. The van der Waals surface area contributed by atoms with Gasteiger partial charge in [0, 0.05) is 77.4 Å². The molecule has 0 saturated heterocycles. The van der Waals surface area contributed by atoms with Gasteiger partial charge in [-0.3, -0.25) is 9.36 Å². The Bertz CT molecular complexity index is 5250. The monoisotopic (exact) mass is 1810 g/mol. The molecule has 0 aliphatic carbocycles. The van der Waals surface area contributed by atoms with E-state index in [1.807, 2.05) is 147 Å². The van der Waals surface area contributed by atoms with Crippen molar-refractivity contribution in [3.05, 3.63) is 452 Å². The third-order valence-electron chi connectivity index (χ3n) is 17.5. The van der Waals surface area contributed by atoms with E-state index in [0.717, 1.165) is 91.9 Å². The van der Waals surface area contributed by atoms with Crippen molar-refractivity contribution < 1.29 is 18.4 Å². The van der Waals surface area contributed by atoms with E-state index < -0.39 is 7.60 Å². The van der Waals surface area contributed by atoms with Crippen molar-refractivity contribution in [2.24, 2.45) is 0 Å². The third kappa shape index (κ3) is 30.2. The molecule has 117 heavy (non-hydrogen) atoms. The number of rotatable bonds is 22. The number of para-hydroxylation sites is 6. The number of hydrogen-bond acceptors (Lipinski definition) is 7. The molecule has 0 fully saturated rings. The Morgan fingerprint density at radius 1 is 0.282 bits per heavy atom. The number of aldehydes is 1. The Balaban J connectivity index is 0.000000250. The zero-order valence-electron chi connectivity index (χ0n) is 62.7. The molecule has 7 nitrogen and oxygen atoms in total. The first-order valence-electron chi connectivity index (χ1n) is 36.8. The first kappa shape index (κ1) is 94.8. The summed E-state index contributed by atoms with van der Waals surface area (Å²) < 4.78 is 26.9. The highest BCUT2D eigenvalue weighted by atomic mass is 79.9. The van der Waals surface area contributed by atoms with Gasteiger partial charge in [-0.1, -0.05) is 373 Å². The van der Waals surface area contributed by atoms with E-state index in [0.29, 0.717) is 24.9 Å². The van der Waals surface area contributed by atoms with Crippen LogP contribution in [0.15, 0.2) is 418 Å². The van der Waals surface area contributed by atoms with E-state index in [2.05, 4.69) is 370 Å². The van der Waals surface area contributed by atoms with Gasteiger partial charge in [0.15, 0.2) is 0 Å². The topological polar surface area (TPSA) is 71.1 Å². The first-order valence-corrected chi connectivity index (χ1v) is 41.7. The lowest BCUT2D eigenvalue weighted by atomic mass is 10.0. The van der Waals surface area contributed by atoms with Crippen LogP contribution in [-0.2, 0) is 19.8 Å². The van der Waals surface area contributed by atoms with Gasteiger partial charge in [-0.25, -0.2) is 0 Å². The fourth-order valence-electron chi connectivity index (χ4n) is 11.9. The molecule has 15 rings (SSSR count). The van der Waals surface area contributed by atoms with Crippen LogP contribution in [0.3, 0.4) is 0 Å². The number of benzene rings is 15. The van der Waals surface area contributed by atoms with Gasteiger partial charge in [-0.2, -0.15) is 0 Å². The van der Waals surface area contributed by atoms with Gasteiger partial charge in [-0.05, 0) is 221 Å². The van der Waals surface area contributed by atoms with Crippen molar-refractivity contribution in [2.45, 2.75) is 49.7 Å². The Labute approximate surface area is 731 Å². The zero-order valence-corrected chi connectivity index (χ0v) is 69.9. The van der Waals surface area contributed by atoms with Crippen LogP contribution in [0.4, 0.5) is 45.5 Å². The van der Waals surface area contributed by atoms with Crippen LogP contribution in [0.25, 0.3) is 57.7 Å². The second-order valence-corrected chi connectivity index (χ2v) is 31.2. The molecule has 0 aliphatic heterocycles. The average Bonchev–Trinajstić information content (AvgIpc) is 0.810. The van der Waals surface area contributed by atoms with Gasteiger partial charge >= 0.3 is 7.60 Å². The van der Waals surface area contributed by atoms with Crippen LogP contribution in [-0.4, -0.2) is 27.9 Å². The minimum absolute atomic E-state index is 0. The van der Waals surface area contributed by atoms with Gasteiger partial charge in [0.05, 0.1) is 19.4 Å². The maximum atomic E-state index is 12.2. The van der Waals surface area contributed by atoms with Gasteiger partial charge in [0.25, 0.3) is 0 Å². The second kappa shape index (κ2) is 50.5. The summed E-state index contributed by atoms with van der Waals surface area (Å²) in [5, 5.41) is 3.30. The fraction of sp³-hybridized carbons (Fsp3) is 0.0865. The molecule has 0 aliphatic rings. The lowest BCUT2D eigenvalue weighted by molar-refractivity contribution is 0.112. The number of anilines is 8. The molecular weight excluding hydrogens is 1720 g/mol. The summed E-state index contributed by atoms with van der Waals surface area (Å²) in [7, 11) is -2.97. The number of carbonyl (C=O) groups excluding carboxylic acids is 1. The van der Waals surface area contributed by atoms with Gasteiger partial charge in [-0.15, -0.1) is 0 Å². The van der Waals surface area contributed by atoms with E-state index >= 15 is 0 Å². The largest absolute Gasteiger partial charge is 0.356 e. The Hall–Kier alpha value is -11.0. The first-order chi connectivity index (χ1) is 54.9. The standard InChI is InChI=1S/C44H34N2.C20H14Br2.C13H9BrO.C12H11N.C11H16BrO3P.4CH4.B/c1-5-13-39(14-6-1)45(40-15-7-2-8-16-40)43-31-25-36(26-32-43)22-21-35-23-27-37(28-24-35)38-29-33-44(34-30-38)46(41-17-9-3-10-18-41)42-19-11-4-12-20-42;21-19-11-5-16(6-12-19)2-1-15-3-7-17(8-4-15)18-9-13-20(22)14-10-18;14-13-7-5-12(6-8-13)11-3-1-10(9-15)2-4-11;1-3-7-11(8-4-1)13-12-9-5-2-6-10-12;1-3-14-16(13,15-4-2)9-10-5-7-11(12)8-6-10;;;;;/h1-34H;1-14H;1-9H;1-10,13H;5-8H,3-4,9H2,1-2H3;4*1H4;/b22-21+;2-1+;;;;;;;;. The van der Waals surface area contributed by atoms with Crippen LogP contribution < -0.4 is 15.1 Å². The maximum Gasteiger partial charge on any atom is 0.335 e. The molecule has 3 radical (unpaired) electrons. The van der Waals surface area contributed by atoms with Crippen molar-refractivity contribution in [2.75, 3.05) is 28.3 Å². The van der Waals surface area contributed by atoms with Crippen LogP contribution >= 0.6 is 71.3 Å². The normalized spacial score (nSPS) is 10.3. The molecule has 0 atom stereocenters. The van der Waals surface area contributed by atoms with Crippen molar-refractivity contribution in [3.8, 4) is 33.4 Å². The number of halogens is 4. The molecule has 15 aromatic carbocycles. The maximum absolute atomic E-state index is 12.2. The number of carbonyl (C=O) groups is 1. The predicted molar refractivity (Wildman–Crippen MR) is 522 cm³/mol. The van der Waals surface area contributed by atoms with E-state index in [9.17, 15) is 9.36 Å². The molecule has 1 N–H and O–H groups in total. The lowest BCUT2D eigenvalue weighted by Crippen LogP contribution is -2.09. The van der Waals surface area contributed by atoms with Crippen molar-refractivity contribution in [3.63, 3.8) is 0 Å². The fourth-order valence-corrected chi connectivity index (χ4v) is 14.6. The van der Waals surface area contributed by atoms with Crippen molar-refractivity contribution >= 4 is 156 Å². The van der Waals surface area contributed by atoms with Crippen LogP contribution in [0.5, 0.6) is 0 Å². The Morgan fingerprint density at radius 2 is 0.487 bits per heavy atom. The molecule has 0 bridgehead atoms. The summed E-state index contributed by atoms with van der Waals surface area (Å²) >= 11 is 13.7. The summed E-state index contributed by atoms with van der Waals surface area (Å²) in [6.07, 6.45) is 9.78. The minimum atomic E-state index is -2.97. The van der Waals surface area contributed by atoms with E-state index in [4.69, 9.17) is 9.05 Å². The highest BCUT2D eigenvalue weighted by Crippen LogP contribution is 2.51. The summed E-state index contributed by atoms with van der Waals surface area (Å²) in [4.78, 5) is 15.1. The SMILES string of the molecule is Brc1ccc(/C=C/c2ccc(-c3ccc(Br)cc3)cc2)cc1.C.C.C.C.C(=C\c1ccc(N(c2ccccc2)c2ccccc2)cc1)/c1ccc(-c2ccc(N(c3ccccc3)c3ccccc3)cc2)cc1.CCOP(=O)(Cc1ccc(Br)cc1)OCC.O=Cc1ccc(-c2ccc(Br)cc2)cc1.[B].c1ccc(Nc2ccccc2)cc1. The minimum Gasteiger partial charge on any atom is -0.356 e. The highest BCUT2D eigenvalue weighted by Gasteiger charge is 2.24. The Kier molecular flexibility index (Phi) is 40.9. The molecule has 0 aromatic heterocycles. The van der Waals surface area contributed by atoms with Crippen LogP contribution in [0.1, 0.15) is 81.7 Å². The third-order valence-corrected chi connectivity index (χ3v) is 21.6. The zero-order chi connectivity index (χ0) is 78.0. The highest BCUT2D eigenvalue weighted by molar-refractivity contribution is 9.11. The van der Waals surface area contributed by atoms with Gasteiger partial charge in [0.2, 0.25) is 0 Å². The van der Waals surface area contributed by atoms with Gasteiger partial charge < -0.3 is 24.2 Å². The smallest absolute Gasteiger partial charge is 0.335 e. The van der Waals surface area contributed by atoms with Crippen LogP contribution in [0, 0.1) is 0 Å². The summed E-state index contributed by atoms with van der Waals surface area (Å²) in [6.45, 7) is 4.42. The molecule has 13 heteroatoms. The molecule has 591 valence electrons.